The predicted octanol–water partition coefficient (Wildman–Crippen LogP) is 4.77. The highest BCUT2D eigenvalue weighted by Crippen LogP contribution is 2.29. The van der Waals surface area contributed by atoms with Crippen molar-refractivity contribution < 1.29 is 5.11 Å². The van der Waals surface area contributed by atoms with Gasteiger partial charge in [-0.1, -0.05) is 24.3 Å². The van der Waals surface area contributed by atoms with E-state index in [1.54, 1.807) is 18.2 Å². The predicted molar refractivity (Wildman–Crippen MR) is 115 cm³/mol. The molecule has 3 N–H and O–H groups in total. The first-order chi connectivity index (χ1) is 13.1. The third-order valence-electron chi connectivity index (χ3n) is 4.05. The second-order valence-electron chi connectivity index (χ2n) is 5.95. The SMILES string of the molecule is Nc1ccc(-c2nc(-c3ccc(I)cc3)nc(-c3ccccc3O)n2)cc1. The quantitative estimate of drug-likeness (QED) is 0.336. The van der Waals surface area contributed by atoms with Crippen molar-refractivity contribution in [1.82, 2.24) is 15.0 Å². The molecule has 4 rings (SSSR count). The molecule has 6 heteroatoms. The van der Waals surface area contributed by atoms with Crippen molar-refractivity contribution in [3.05, 3.63) is 76.4 Å². The molecule has 0 unspecified atom stereocenters. The number of anilines is 1. The summed E-state index contributed by atoms with van der Waals surface area (Å²) in [6.07, 6.45) is 0. The lowest BCUT2D eigenvalue weighted by Crippen LogP contribution is -2.00. The van der Waals surface area contributed by atoms with Crippen LogP contribution >= 0.6 is 22.6 Å². The molecule has 0 amide bonds. The zero-order valence-corrected chi connectivity index (χ0v) is 16.3. The monoisotopic (exact) mass is 466 g/mol. The van der Waals surface area contributed by atoms with E-state index in [0.717, 1.165) is 14.7 Å². The summed E-state index contributed by atoms with van der Waals surface area (Å²) in [5.41, 5.74) is 8.73. The highest BCUT2D eigenvalue weighted by molar-refractivity contribution is 14.1. The molecule has 3 aromatic carbocycles. The van der Waals surface area contributed by atoms with Crippen LogP contribution in [0.1, 0.15) is 0 Å². The van der Waals surface area contributed by atoms with E-state index in [1.807, 2.05) is 54.6 Å². The van der Waals surface area contributed by atoms with Gasteiger partial charge in [-0.2, -0.15) is 0 Å². The van der Waals surface area contributed by atoms with Crippen LogP contribution in [0.25, 0.3) is 34.2 Å². The molecule has 0 saturated heterocycles. The summed E-state index contributed by atoms with van der Waals surface area (Å²) < 4.78 is 1.13. The van der Waals surface area contributed by atoms with E-state index in [-0.39, 0.29) is 5.75 Å². The van der Waals surface area contributed by atoms with Gasteiger partial charge in [-0.25, -0.2) is 15.0 Å². The fourth-order valence-corrected chi connectivity index (χ4v) is 3.01. The molecule has 1 aromatic heterocycles. The maximum atomic E-state index is 10.2. The maximum Gasteiger partial charge on any atom is 0.167 e. The summed E-state index contributed by atoms with van der Waals surface area (Å²) in [6.45, 7) is 0. The second kappa shape index (κ2) is 7.32. The van der Waals surface area contributed by atoms with Crippen molar-refractivity contribution in [3.8, 4) is 39.9 Å². The van der Waals surface area contributed by atoms with Gasteiger partial charge in [-0.15, -0.1) is 0 Å². The number of aromatic hydroxyl groups is 1. The normalized spacial score (nSPS) is 10.7. The van der Waals surface area contributed by atoms with Crippen LogP contribution < -0.4 is 5.73 Å². The summed E-state index contributed by atoms with van der Waals surface area (Å²) in [5.74, 6) is 1.62. The van der Waals surface area contributed by atoms with Crippen LogP contribution in [0, 0.1) is 3.57 Å². The van der Waals surface area contributed by atoms with Crippen molar-refractivity contribution >= 4 is 28.3 Å². The van der Waals surface area contributed by atoms with Crippen molar-refractivity contribution in [1.29, 1.82) is 0 Å². The molecule has 132 valence electrons. The van der Waals surface area contributed by atoms with E-state index in [4.69, 9.17) is 5.73 Å². The molecule has 0 aliphatic heterocycles. The van der Waals surface area contributed by atoms with Gasteiger partial charge in [0.1, 0.15) is 5.75 Å². The molecule has 5 nitrogen and oxygen atoms in total. The summed E-state index contributed by atoms with van der Waals surface area (Å²) in [4.78, 5) is 13.8. The Morgan fingerprint density at radius 1 is 0.667 bits per heavy atom. The highest BCUT2D eigenvalue weighted by atomic mass is 127. The van der Waals surface area contributed by atoms with Gasteiger partial charge in [-0.3, -0.25) is 0 Å². The Bertz CT molecular complexity index is 1030. The Balaban J connectivity index is 1.92. The molecule has 4 aromatic rings. The Morgan fingerprint density at radius 2 is 1.19 bits per heavy atom. The fourth-order valence-electron chi connectivity index (χ4n) is 2.65. The van der Waals surface area contributed by atoms with Crippen molar-refractivity contribution in [2.45, 2.75) is 0 Å². The first kappa shape index (κ1) is 17.4. The lowest BCUT2D eigenvalue weighted by Gasteiger charge is -2.09. The Labute approximate surface area is 170 Å². The lowest BCUT2D eigenvalue weighted by atomic mass is 10.1. The average molecular weight is 466 g/mol. The molecule has 0 bridgehead atoms. The number of phenolic OH excluding ortho intramolecular Hbond substituents is 1. The van der Waals surface area contributed by atoms with Crippen LogP contribution in [0.5, 0.6) is 5.75 Å². The van der Waals surface area contributed by atoms with Gasteiger partial charge < -0.3 is 10.8 Å². The van der Waals surface area contributed by atoms with E-state index >= 15 is 0 Å². The smallest absolute Gasteiger partial charge is 0.167 e. The van der Waals surface area contributed by atoms with Crippen LogP contribution in [0.2, 0.25) is 0 Å². The van der Waals surface area contributed by atoms with Crippen molar-refractivity contribution in [2.24, 2.45) is 0 Å². The van der Waals surface area contributed by atoms with Crippen LogP contribution in [-0.4, -0.2) is 20.1 Å². The van der Waals surface area contributed by atoms with Gasteiger partial charge in [0, 0.05) is 20.4 Å². The average Bonchev–Trinajstić information content (AvgIpc) is 2.69. The van der Waals surface area contributed by atoms with Crippen LogP contribution in [0.4, 0.5) is 5.69 Å². The molecule has 0 saturated carbocycles. The fraction of sp³-hybridized carbons (Fsp3) is 0. The summed E-state index contributed by atoms with van der Waals surface area (Å²) in [6, 6.07) is 22.3. The van der Waals surface area contributed by atoms with Crippen LogP contribution in [0.3, 0.4) is 0 Å². The minimum Gasteiger partial charge on any atom is -0.507 e. The molecule has 0 atom stereocenters. The van der Waals surface area contributed by atoms with E-state index in [2.05, 4.69) is 37.5 Å². The molecule has 0 aliphatic carbocycles. The Hall–Kier alpha value is -3.00. The third-order valence-corrected chi connectivity index (χ3v) is 4.77. The standard InChI is InChI=1S/C21H15IN4O/c22-15-9-5-13(6-10-15)19-24-20(14-7-11-16(23)12-8-14)26-21(25-19)17-3-1-2-4-18(17)27/h1-12,27H,23H2. The number of benzene rings is 3. The van der Waals surface area contributed by atoms with Gasteiger partial charge in [0.15, 0.2) is 17.5 Å². The van der Waals surface area contributed by atoms with Crippen LogP contribution in [0.15, 0.2) is 72.8 Å². The molecular formula is C21H15IN4O. The van der Waals surface area contributed by atoms with E-state index in [9.17, 15) is 5.11 Å². The number of nitrogen functional groups attached to an aromatic ring is 1. The van der Waals surface area contributed by atoms with Crippen molar-refractivity contribution in [2.75, 3.05) is 5.73 Å². The largest absolute Gasteiger partial charge is 0.507 e. The minimum atomic E-state index is 0.125. The van der Waals surface area contributed by atoms with Gasteiger partial charge in [-0.05, 0) is 71.1 Å². The number of aromatic nitrogens is 3. The van der Waals surface area contributed by atoms with E-state index in [1.165, 1.54) is 0 Å². The maximum absolute atomic E-state index is 10.2. The topological polar surface area (TPSA) is 84.9 Å². The van der Waals surface area contributed by atoms with Gasteiger partial charge in [0.25, 0.3) is 0 Å². The highest BCUT2D eigenvalue weighted by Gasteiger charge is 2.14. The van der Waals surface area contributed by atoms with E-state index in [0.29, 0.717) is 28.7 Å². The summed E-state index contributed by atoms with van der Waals surface area (Å²) >= 11 is 2.26. The number of phenols is 1. The number of halogens is 1. The number of hydrogen-bond acceptors (Lipinski definition) is 5. The van der Waals surface area contributed by atoms with E-state index < -0.39 is 0 Å². The molecule has 0 aliphatic rings. The molecule has 1 heterocycles. The molecule has 0 radical (unpaired) electrons. The third kappa shape index (κ3) is 3.75. The van der Waals surface area contributed by atoms with Gasteiger partial charge in [0.05, 0.1) is 5.56 Å². The molecule has 0 fully saturated rings. The summed E-state index contributed by atoms with van der Waals surface area (Å²) in [5, 5.41) is 10.2. The number of nitrogens with zero attached hydrogens (tertiary/aromatic N) is 3. The van der Waals surface area contributed by atoms with Crippen molar-refractivity contribution in [3.63, 3.8) is 0 Å². The number of hydrogen-bond donors (Lipinski definition) is 2. The molecule has 27 heavy (non-hydrogen) atoms. The Morgan fingerprint density at radius 3 is 1.78 bits per heavy atom. The van der Waals surface area contributed by atoms with Gasteiger partial charge in [0.2, 0.25) is 0 Å². The zero-order valence-electron chi connectivity index (χ0n) is 14.2. The lowest BCUT2D eigenvalue weighted by molar-refractivity contribution is 0.477. The number of para-hydroxylation sites is 1. The zero-order chi connectivity index (χ0) is 18.8. The first-order valence-electron chi connectivity index (χ1n) is 8.26. The summed E-state index contributed by atoms with van der Waals surface area (Å²) in [7, 11) is 0. The number of nitrogens with two attached hydrogens (primary N) is 1. The second-order valence-corrected chi connectivity index (χ2v) is 7.20. The van der Waals surface area contributed by atoms with Crippen LogP contribution in [-0.2, 0) is 0 Å². The Kier molecular flexibility index (Phi) is 4.72. The molecular weight excluding hydrogens is 451 g/mol. The number of rotatable bonds is 3. The van der Waals surface area contributed by atoms with Gasteiger partial charge >= 0.3 is 0 Å². The first-order valence-corrected chi connectivity index (χ1v) is 9.34. The minimum absolute atomic E-state index is 0.125. The molecule has 0 spiro atoms.